The van der Waals surface area contributed by atoms with E-state index in [0.29, 0.717) is 6.54 Å². The molecule has 0 aliphatic rings. The minimum Gasteiger partial charge on any atom is -0.353 e. The SMILES string of the molecule is CN(C)CC(N)c1cc(F)cc(-c2cccc3[nH]c(-c4n[nH]c5ccc(-c6cccnc6)nc45)cc23)c1. The van der Waals surface area contributed by atoms with Gasteiger partial charge in [0.1, 0.15) is 17.0 Å². The molecule has 0 radical (unpaired) electrons. The molecule has 0 spiro atoms. The molecule has 37 heavy (non-hydrogen) atoms. The van der Waals surface area contributed by atoms with Gasteiger partial charge in [0.25, 0.3) is 0 Å². The van der Waals surface area contributed by atoms with Crippen LogP contribution in [0.5, 0.6) is 0 Å². The Labute approximate surface area is 213 Å². The third kappa shape index (κ3) is 4.37. The van der Waals surface area contributed by atoms with E-state index in [0.717, 1.165) is 61.3 Å². The van der Waals surface area contributed by atoms with Crippen LogP contribution in [0, 0.1) is 5.82 Å². The summed E-state index contributed by atoms with van der Waals surface area (Å²) in [4.78, 5) is 14.6. The quantitative estimate of drug-likeness (QED) is 0.284. The standard InChI is InChI=1S/C29H26FN7/c1-37(2)16-23(31)19-11-18(12-20(30)13-19)21-6-3-7-25-22(21)14-27(33-25)29-28-26(35-36-29)9-8-24(34-28)17-5-4-10-32-15-17/h3-15,23,33H,16,31H2,1-2H3,(H,35,36). The lowest BCUT2D eigenvalue weighted by Crippen LogP contribution is -2.26. The minimum atomic E-state index is -0.306. The first-order valence-corrected chi connectivity index (χ1v) is 12.0. The highest BCUT2D eigenvalue weighted by Gasteiger charge is 2.17. The molecule has 0 aliphatic heterocycles. The molecule has 4 N–H and O–H groups in total. The van der Waals surface area contributed by atoms with Crippen molar-refractivity contribution in [3.8, 4) is 33.8 Å². The Balaban J connectivity index is 1.45. The molecule has 1 unspecified atom stereocenters. The average Bonchev–Trinajstić information content (AvgIpc) is 3.52. The number of H-pyrrole nitrogens is 2. The summed E-state index contributed by atoms with van der Waals surface area (Å²) in [7, 11) is 3.91. The van der Waals surface area contributed by atoms with Gasteiger partial charge < -0.3 is 15.6 Å². The van der Waals surface area contributed by atoms with Gasteiger partial charge in [-0.1, -0.05) is 12.1 Å². The van der Waals surface area contributed by atoms with Crippen LogP contribution < -0.4 is 5.73 Å². The fourth-order valence-corrected chi connectivity index (χ4v) is 4.78. The molecular weight excluding hydrogens is 465 g/mol. The topological polar surface area (TPSA) is 99.5 Å². The van der Waals surface area contributed by atoms with Crippen LogP contribution in [-0.2, 0) is 0 Å². The van der Waals surface area contributed by atoms with Crippen molar-refractivity contribution in [3.05, 3.63) is 90.5 Å². The number of hydrogen-bond acceptors (Lipinski definition) is 5. The van der Waals surface area contributed by atoms with E-state index in [9.17, 15) is 4.39 Å². The number of fused-ring (bicyclic) bond motifs is 2. The monoisotopic (exact) mass is 491 g/mol. The lowest BCUT2D eigenvalue weighted by Gasteiger charge is -2.18. The Kier molecular flexibility index (Phi) is 5.75. The van der Waals surface area contributed by atoms with Gasteiger partial charge in [-0.3, -0.25) is 10.1 Å². The van der Waals surface area contributed by atoms with Crippen LogP contribution in [0.4, 0.5) is 4.39 Å². The van der Waals surface area contributed by atoms with Crippen molar-refractivity contribution < 1.29 is 4.39 Å². The Bertz CT molecular complexity index is 1720. The van der Waals surface area contributed by atoms with Crippen LogP contribution in [0.1, 0.15) is 11.6 Å². The fourth-order valence-electron chi connectivity index (χ4n) is 4.78. The molecule has 2 aromatic carbocycles. The number of pyridine rings is 2. The summed E-state index contributed by atoms with van der Waals surface area (Å²) in [6, 6.07) is 20.6. The van der Waals surface area contributed by atoms with Crippen LogP contribution >= 0.6 is 0 Å². The Hall–Kier alpha value is -4.40. The molecule has 0 fully saturated rings. The number of hydrogen-bond donors (Lipinski definition) is 3. The molecule has 0 bridgehead atoms. The van der Waals surface area contributed by atoms with Crippen LogP contribution in [0.2, 0.25) is 0 Å². The van der Waals surface area contributed by atoms with Gasteiger partial charge in [0.15, 0.2) is 0 Å². The van der Waals surface area contributed by atoms with Crippen molar-refractivity contribution in [1.82, 2.24) is 30.0 Å². The second-order valence-corrected chi connectivity index (χ2v) is 9.50. The molecule has 1 atom stereocenters. The summed E-state index contributed by atoms with van der Waals surface area (Å²) in [5.41, 5.74) is 14.7. The molecule has 8 heteroatoms. The van der Waals surface area contributed by atoms with Gasteiger partial charge in [-0.05, 0) is 85.4 Å². The smallest absolute Gasteiger partial charge is 0.135 e. The van der Waals surface area contributed by atoms with E-state index >= 15 is 0 Å². The Morgan fingerprint density at radius 3 is 2.68 bits per heavy atom. The molecule has 7 nitrogen and oxygen atoms in total. The van der Waals surface area contributed by atoms with E-state index < -0.39 is 0 Å². The van der Waals surface area contributed by atoms with Crippen molar-refractivity contribution in [3.63, 3.8) is 0 Å². The highest BCUT2D eigenvalue weighted by atomic mass is 19.1. The van der Waals surface area contributed by atoms with Gasteiger partial charge in [0, 0.05) is 41.4 Å². The fraction of sp³-hybridized carbons (Fsp3) is 0.138. The first-order chi connectivity index (χ1) is 18.0. The van der Waals surface area contributed by atoms with Crippen LogP contribution in [-0.4, -0.2) is 50.7 Å². The predicted octanol–water partition coefficient (Wildman–Crippen LogP) is 5.54. The molecule has 0 amide bonds. The maximum atomic E-state index is 14.7. The molecule has 6 aromatic rings. The van der Waals surface area contributed by atoms with Crippen molar-refractivity contribution >= 4 is 21.9 Å². The van der Waals surface area contributed by atoms with Gasteiger partial charge in [0.05, 0.1) is 16.9 Å². The zero-order valence-corrected chi connectivity index (χ0v) is 20.5. The summed E-state index contributed by atoms with van der Waals surface area (Å²) in [5.74, 6) is -0.306. The number of nitrogens with two attached hydrogens (primary N) is 1. The summed E-state index contributed by atoms with van der Waals surface area (Å²) in [6.45, 7) is 0.627. The maximum Gasteiger partial charge on any atom is 0.135 e. The second-order valence-electron chi connectivity index (χ2n) is 9.50. The van der Waals surface area contributed by atoms with Gasteiger partial charge in [-0.25, -0.2) is 9.37 Å². The van der Waals surface area contributed by atoms with E-state index in [-0.39, 0.29) is 11.9 Å². The van der Waals surface area contributed by atoms with E-state index in [1.165, 1.54) is 6.07 Å². The molecule has 4 heterocycles. The number of likely N-dealkylation sites (N-methyl/N-ethyl adjacent to an activating group) is 1. The lowest BCUT2D eigenvalue weighted by atomic mass is 9.97. The number of aromatic amines is 2. The lowest BCUT2D eigenvalue weighted by molar-refractivity contribution is 0.376. The number of benzene rings is 2. The van der Waals surface area contributed by atoms with Crippen LogP contribution in [0.25, 0.3) is 55.7 Å². The van der Waals surface area contributed by atoms with Crippen LogP contribution in [0.15, 0.2) is 79.1 Å². The predicted molar refractivity (Wildman–Crippen MR) is 145 cm³/mol. The van der Waals surface area contributed by atoms with E-state index in [1.807, 2.05) is 73.6 Å². The summed E-state index contributed by atoms with van der Waals surface area (Å²) in [5, 5.41) is 8.61. The van der Waals surface area contributed by atoms with Crippen molar-refractivity contribution in [2.45, 2.75) is 6.04 Å². The van der Waals surface area contributed by atoms with Crippen molar-refractivity contribution in [2.24, 2.45) is 5.73 Å². The molecule has 4 aromatic heterocycles. The summed E-state index contributed by atoms with van der Waals surface area (Å²) >= 11 is 0. The average molecular weight is 492 g/mol. The van der Waals surface area contributed by atoms with Crippen LogP contribution in [0.3, 0.4) is 0 Å². The normalized spacial score (nSPS) is 12.6. The highest BCUT2D eigenvalue weighted by molar-refractivity contribution is 6.00. The number of nitrogens with one attached hydrogen (secondary N) is 2. The Morgan fingerprint density at radius 2 is 1.86 bits per heavy atom. The third-order valence-corrected chi connectivity index (χ3v) is 6.51. The van der Waals surface area contributed by atoms with E-state index in [1.54, 1.807) is 18.5 Å². The second kappa shape index (κ2) is 9.24. The Morgan fingerprint density at radius 1 is 0.973 bits per heavy atom. The number of nitrogens with zero attached hydrogens (tertiary/aromatic N) is 4. The molecule has 184 valence electrons. The molecule has 0 saturated carbocycles. The molecular formula is C29H26FN7. The number of rotatable bonds is 6. The van der Waals surface area contributed by atoms with Gasteiger partial charge in [-0.15, -0.1) is 0 Å². The van der Waals surface area contributed by atoms with Gasteiger partial charge in [-0.2, -0.15) is 5.10 Å². The van der Waals surface area contributed by atoms with Gasteiger partial charge >= 0.3 is 0 Å². The van der Waals surface area contributed by atoms with Crippen molar-refractivity contribution in [1.29, 1.82) is 0 Å². The van der Waals surface area contributed by atoms with E-state index in [2.05, 4.69) is 20.2 Å². The summed E-state index contributed by atoms with van der Waals surface area (Å²) < 4.78 is 14.7. The minimum absolute atomic E-state index is 0.291. The largest absolute Gasteiger partial charge is 0.353 e. The van der Waals surface area contributed by atoms with Gasteiger partial charge in [0.2, 0.25) is 0 Å². The summed E-state index contributed by atoms with van der Waals surface area (Å²) in [6.07, 6.45) is 3.53. The third-order valence-electron chi connectivity index (χ3n) is 6.51. The molecule has 6 rings (SSSR count). The number of aromatic nitrogens is 5. The maximum absolute atomic E-state index is 14.7. The number of halogens is 1. The highest BCUT2D eigenvalue weighted by Crippen LogP contribution is 2.35. The zero-order chi connectivity index (χ0) is 25.5. The first kappa shape index (κ1) is 23.0. The first-order valence-electron chi connectivity index (χ1n) is 12.0. The van der Waals surface area contributed by atoms with Crippen molar-refractivity contribution in [2.75, 3.05) is 20.6 Å². The van der Waals surface area contributed by atoms with E-state index in [4.69, 9.17) is 10.7 Å². The molecule has 0 aliphatic carbocycles. The molecule has 0 saturated heterocycles. The zero-order valence-electron chi connectivity index (χ0n) is 20.5.